The predicted octanol–water partition coefficient (Wildman–Crippen LogP) is 7.14. The molecular weight excluding hydrogens is 459 g/mol. The molecule has 0 fully saturated rings. The van der Waals surface area contributed by atoms with Gasteiger partial charge in [-0.2, -0.15) is 0 Å². The van der Waals surface area contributed by atoms with Crippen molar-refractivity contribution in [3.8, 4) is 17.4 Å². The van der Waals surface area contributed by atoms with E-state index < -0.39 is 12.4 Å². The second-order valence-electron chi connectivity index (χ2n) is 7.86. The number of rotatable bonds is 5. The molecule has 1 aromatic heterocycles. The summed E-state index contributed by atoms with van der Waals surface area (Å²) < 4.78 is 46.6. The summed E-state index contributed by atoms with van der Waals surface area (Å²) in [6.45, 7) is 6.18. The van der Waals surface area contributed by atoms with Crippen LogP contribution in [0.3, 0.4) is 0 Å². The Balaban J connectivity index is 0.00000385. The van der Waals surface area contributed by atoms with E-state index in [4.69, 9.17) is 4.74 Å². The van der Waals surface area contributed by atoms with Crippen molar-refractivity contribution in [1.82, 2.24) is 4.98 Å². The number of anilines is 2. The maximum Gasteiger partial charge on any atom is 0.573 e. The number of hydrogen-bond donors (Lipinski definition) is 2. The Morgan fingerprint density at radius 2 is 1.58 bits per heavy atom. The number of alkyl halides is 3. The van der Waals surface area contributed by atoms with Crippen molar-refractivity contribution in [2.45, 2.75) is 32.5 Å². The Hall–Kier alpha value is -3.46. The number of ether oxygens (including phenoxy) is 2. The smallest absolute Gasteiger partial charge is 0.437 e. The standard InChI is InChI=1S/C23H22F3N3O3.ClH/c1-22(2,3)17-7-4-5-9-19(17)31-20-18(8-6-14-27-20)29-21(30)28-15-10-12-16(13-11-15)32-23(24,25)26;/h4-14H,1-3H3,(H2,28,29,30);1H. The number of pyridine rings is 1. The molecular formula is C23H23ClF3N3O3. The van der Waals surface area contributed by atoms with Crippen molar-refractivity contribution in [2.75, 3.05) is 10.6 Å². The number of benzene rings is 2. The van der Waals surface area contributed by atoms with Gasteiger partial charge in [-0.3, -0.25) is 0 Å². The van der Waals surface area contributed by atoms with Gasteiger partial charge < -0.3 is 20.1 Å². The van der Waals surface area contributed by atoms with Crippen LogP contribution in [0.25, 0.3) is 0 Å². The second kappa shape index (κ2) is 10.4. The molecule has 2 amide bonds. The Bertz CT molecular complexity index is 1080. The van der Waals surface area contributed by atoms with E-state index in [1.807, 2.05) is 24.3 Å². The van der Waals surface area contributed by atoms with Crippen LogP contribution in [-0.2, 0) is 5.41 Å². The van der Waals surface area contributed by atoms with Crippen molar-refractivity contribution in [3.63, 3.8) is 0 Å². The zero-order valence-electron chi connectivity index (χ0n) is 18.1. The lowest BCUT2D eigenvalue weighted by Crippen LogP contribution is -2.20. The molecule has 0 saturated heterocycles. The summed E-state index contributed by atoms with van der Waals surface area (Å²) in [7, 11) is 0. The van der Waals surface area contributed by atoms with Gasteiger partial charge in [-0.25, -0.2) is 9.78 Å². The van der Waals surface area contributed by atoms with Gasteiger partial charge in [0.2, 0.25) is 5.88 Å². The molecule has 176 valence electrons. The van der Waals surface area contributed by atoms with E-state index in [2.05, 4.69) is 41.1 Å². The second-order valence-corrected chi connectivity index (χ2v) is 7.86. The summed E-state index contributed by atoms with van der Waals surface area (Å²) in [4.78, 5) is 16.6. The van der Waals surface area contributed by atoms with Crippen LogP contribution in [0.2, 0.25) is 0 Å². The van der Waals surface area contributed by atoms with Crippen LogP contribution in [0.15, 0.2) is 66.9 Å². The first-order valence-electron chi connectivity index (χ1n) is 9.67. The maximum atomic E-state index is 12.4. The summed E-state index contributed by atoms with van der Waals surface area (Å²) >= 11 is 0. The first-order valence-corrected chi connectivity index (χ1v) is 9.67. The lowest BCUT2D eigenvalue weighted by Gasteiger charge is -2.22. The third kappa shape index (κ3) is 7.57. The van der Waals surface area contributed by atoms with Crippen molar-refractivity contribution in [2.24, 2.45) is 0 Å². The van der Waals surface area contributed by atoms with Gasteiger partial charge in [-0.15, -0.1) is 25.6 Å². The average Bonchev–Trinajstić information content (AvgIpc) is 2.69. The summed E-state index contributed by atoms with van der Waals surface area (Å²) in [5, 5.41) is 5.18. The highest BCUT2D eigenvalue weighted by Gasteiger charge is 2.31. The molecule has 0 unspecified atom stereocenters. The molecule has 0 spiro atoms. The molecule has 0 aliphatic carbocycles. The molecule has 6 nitrogen and oxygen atoms in total. The Labute approximate surface area is 195 Å². The van der Waals surface area contributed by atoms with Crippen molar-refractivity contribution in [1.29, 1.82) is 0 Å². The number of para-hydroxylation sites is 1. The van der Waals surface area contributed by atoms with Gasteiger partial charge in [-0.1, -0.05) is 39.0 Å². The van der Waals surface area contributed by atoms with Gasteiger partial charge in [0.05, 0.1) is 0 Å². The molecule has 0 radical (unpaired) electrons. The highest BCUT2D eigenvalue weighted by atomic mass is 35.5. The molecule has 3 aromatic rings. The molecule has 2 aromatic carbocycles. The number of nitrogens with one attached hydrogen (secondary N) is 2. The summed E-state index contributed by atoms with van der Waals surface area (Å²) in [6.07, 6.45) is -3.24. The molecule has 33 heavy (non-hydrogen) atoms. The summed E-state index contributed by atoms with van der Waals surface area (Å²) in [5.41, 5.74) is 1.41. The van der Waals surface area contributed by atoms with Gasteiger partial charge in [0, 0.05) is 17.4 Å². The van der Waals surface area contributed by atoms with Gasteiger partial charge in [0.1, 0.15) is 17.2 Å². The van der Waals surface area contributed by atoms with Crippen LogP contribution in [0.5, 0.6) is 17.4 Å². The van der Waals surface area contributed by atoms with E-state index in [1.54, 1.807) is 12.1 Å². The lowest BCUT2D eigenvalue weighted by atomic mass is 9.86. The largest absolute Gasteiger partial charge is 0.573 e. The highest BCUT2D eigenvalue weighted by Crippen LogP contribution is 2.35. The van der Waals surface area contributed by atoms with E-state index in [-0.39, 0.29) is 35.1 Å². The van der Waals surface area contributed by atoms with Crippen LogP contribution in [0.4, 0.5) is 29.3 Å². The van der Waals surface area contributed by atoms with Crippen molar-refractivity contribution < 1.29 is 27.4 Å². The fourth-order valence-electron chi connectivity index (χ4n) is 2.87. The SMILES string of the molecule is CC(C)(C)c1ccccc1Oc1ncccc1NC(=O)Nc1ccc(OC(F)(F)F)cc1.Cl. The van der Waals surface area contributed by atoms with Gasteiger partial charge in [0.15, 0.2) is 0 Å². The van der Waals surface area contributed by atoms with Gasteiger partial charge in [0.25, 0.3) is 0 Å². The maximum absolute atomic E-state index is 12.4. The van der Waals surface area contributed by atoms with E-state index in [0.717, 1.165) is 17.7 Å². The quantitative estimate of drug-likeness (QED) is 0.406. The molecule has 0 aliphatic heterocycles. The number of nitrogens with zero attached hydrogens (tertiary/aromatic N) is 1. The van der Waals surface area contributed by atoms with Crippen LogP contribution in [-0.4, -0.2) is 17.4 Å². The third-order valence-corrected chi connectivity index (χ3v) is 4.27. The number of halogens is 4. The zero-order valence-corrected chi connectivity index (χ0v) is 18.9. The summed E-state index contributed by atoms with van der Waals surface area (Å²) in [5.74, 6) is 0.430. The number of carbonyl (C=O) groups is 1. The number of urea groups is 1. The van der Waals surface area contributed by atoms with E-state index in [0.29, 0.717) is 11.4 Å². The molecule has 2 N–H and O–H groups in total. The third-order valence-electron chi connectivity index (χ3n) is 4.27. The molecule has 0 aliphatic rings. The van der Waals surface area contributed by atoms with Crippen LogP contribution < -0.4 is 20.1 Å². The van der Waals surface area contributed by atoms with Crippen LogP contribution in [0, 0.1) is 0 Å². The first-order chi connectivity index (χ1) is 15.0. The monoisotopic (exact) mass is 481 g/mol. The number of aromatic nitrogens is 1. The van der Waals surface area contributed by atoms with E-state index in [1.165, 1.54) is 18.3 Å². The molecule has 0 saturated carbocycles. The van der Waals surface area contributed by atoms with Crippen molar-refractivity contribution >= 4 is 29.8 Å². The zero-order chi connectivity index (χ0) is 23.4. The van der Waals surface area contributed by atoms with Gasteiger partial charge in [-0.05, 0) is 47.9 Å². The van der Waals surface area contributed by atoms with E-state index >= 15 is 0 Å². The molecule has 1 heterocycles. The Morgan fingerprint density at radius 3 is 2.21 bits per heavy atom. The Kier molecular flexibility index (Phi) is 8.16. The molecule has 3 rings (SSSR count). The molecule has 0 atom stereocenters. The van der Waals surface area contributed by atoms with Crippen LogP contribution >= 0.6 is 12.4 Å². The Morgan fingerprint density at radius 1 is 0.909 bits per heavy atom. The number of carbonyl (C=O) groups excluding carboxylic acids is 1. The first kappa shape index (κ1) is 25.8. The van der Waals surface area contributed by atoms with E-state index in [9.17, 15) is 18.0 Å². The van der Waals surface area contributed by atoms with Crippen molar-refractivity contribution in [3.05, 3.63) is 72.4 Å². The van der Waals surface area contributed by atoms with Crippen LogP contribution in [0.1, 0.15) is 26.3 Å². The predicted molar refractivity (Wildman–Crippen MR) is 122 cm³/mol. The minimum atomic E-state index is -4.78. The topological polar surface area (TPSA) is 72.5 Å². The fourth-order valence-corrected chi connectivity index (χ4v) is 2.87. The minimum Gasteiger partial charge on any atom is -0.437 e. The number of amides is 2. The lowest BCUT2D eigenvalue weighted by molar-refractivity contribution is -0.274. The molecule has 0 bridgehead atoms. The molecule has 10 heteroatoms. The number of hydrogen-bond acceptors (Lipinski definition) is 4. The average molecular weight is 482 g/mol. The minimum absolute atomic E-state index is 0. The van der Waals surface area contributed by atoms with Gasteiger partial charge >= 0.3 is 12.4 Å². The summed E-state index contributed by atoms with van der Waals surface area (Å²) in [6, 6.07) is 15.0. The fraction of sp³-hybridized carbons (Fsp3) is 0.217. The normalized spacial score (nSPS) is 11.2. The highest BCUT2D eigenvalue weighted by molar-refractivity contribution is 6.00.